The predicted octanol–water partition coefficient (Wildman–Crippen LogP) is 3.31. The van der Waals surface area contributed by atoms with Gasteiger partial charge >= 0.3 is 5.97 Å². The smallest absolute Gasteiger partial charge is 0.326 e. The van der Waals surface area contributed by atoms with Gasteiger partial charge in [0, 0.05) is 23.0 Å². The molecule has 3 aromatic rings. The lowest BCUT2D eigenvalue weighted by atomic mass is 10.1. The van der Waals surface area contributed by atoms with Gasteiger partial charge in [-0.2, -0.15) is 0 Å². The van der Waals surface area contributed by atoms with Crippen LogP contribution in [0.3, 0.4) is 0 Å². The van der Waals surface area contributed by atoms with Gasteiger partial charge in [0.15, 0.2) is 0 Å². The fourth-order valence-electron chi connectivity index (χ4n) is 2.52. The Morgan fingerprint density at radius 3 is 2.60 bits per heavy atom. The van der Waals surface area contributed by atoms with Crippen molar-refractivity contribution in [2.45, 2.75) is 12.5 Å². The molecule has 0 fully saturated rings. The zero-order valence-electron chi connectivity index (χ0n) is 13.1. The Labute approximate surface area is 149 Å². The van der Waals surface area contributed by atoms with Gasteiger partial charge in [-0.3, -0.25) is 9.78 Å². The van der Waals surface area contributed by atoms with E-state index in [1.807, 2.05) is 24.3 Å². The largest absolute Gasteiger partial charge is 0.480 e. The van der Waals surface area contributed by atoms with Crippen LogP contribution in [0.5, 0.6) is 0 Å². The maximum atomic E-state index is 12.4. The molecule has 126 valence electrons. The first kappa shape index (κ1) is 16.9. The number of rotatable bonds is 5. The Bertz CT molecular complexity index is 943. The molecule has 2 N–H and O–H groups in total. The molecule has 0 aliphatic carbocycles. The third kappa shape index (κ3) is 3.95. The Hall–Kier alpha value is -2.92. The molecule has 0 saturated carbocycles. The van der Waals surface area contributed by atoms with Crippen molar-refractivity contribution in [1.29, 1.82) is 0 Å². The summed E-state index contributed by atoms with van der Waals surface area (Å²) in [6.45, 7) is 0. The standard InChI is InChI=1S/C19H15ClN2O3/c20-15-7-3-1-5-12(15)10-17(19(24)25)22-18(23)14-9-13-6-2-4-8-16(13)21-11-14/h1-9,11,17H,10H2,(H,22,23)(H,24,25)/t17-/m1/s1. The summed E-state index contributed by atoms with van der Waals surface area (Å²) in [5.41, 5.74) is 1.74. The van der Waals surface area contributed by atoms with Crippen LogP contribution < -0.4 is 5.32 Å². The van der Waals surface area contributed by atoms with Gasteiger partial charge in [0.05, 0.1) is 11.1 Å². The first-order valence-electron chi connectivity index (χ1n) is 7.66. The van der Waals surface area contributed by atoms with Crippen LogP contribution in [-0.2, 0) is 11.2 Å². The minimum atomic E-state index is -1.12. The van der Waals surface area contributed by atoms with E-state index in [1.165, 1.54) is 6.20 Å². The normalized spacial score (nSPS) is 11.9. The highest BCUT2D eigenvalue weighted by atomic mass is 35.5. The van der Waals surface area contributed by atoms with Crippen LogP contribution in [0.25, 0.3) is 10.9 Å². The number of carbonyl (C=O) groups is 2. The number of amides is 1. The molecule has 3 rings (SSSR count). The molecular weight excluding hydrogens is 340 g/mol. The Balaban J connectivity index is 1.80. The van der Waals surface area contributed by atoms with E-state index in [0.717, 1.165) is 10.9 Å². The van der Waals surface area contributed by atoms with E-state index in [-0.39, 0.29) is 6.42 Å². The van der Waals surface area contributed by atoms with Gasteiger partial charge in [0.25, 0.3) is 5.91 Å². The molecule has 1 aromatic heterocycles. The highest BCUT2D eigenvalue weighted by Crippen LogP contribution is 2.17. The fraction of sp³-hybridized carbons (Fsp3) is 0.105. The summed E-state index contributed by atoms with van der Waals surface area (Å²) in [4.78, 5) is 28.2. The minimum Gasteiger partial charge on any atom is -0.480 e. The van der Waals surface area contributed by atoms with Crippen LogP contribution in [0.4, 0.5) is 0 Å². The summed E-state index contributed by atoms with van der Waals surface area (Å²) in [7, 11) is 0. The highest BCUT2D eigenvalue weighted by molar-refractivity contribution is 6.31. The number of benzene rings is 2. The number of para-hydroxylation sites is 1. The molecule has 5 nitrogen and oxygen atoms in total. The number of carboxylic acid groups (broad SMARTS) is 1. The van der Waals surface area contributed by atoms with Crippen LogP contribution in [-0.4, -0.2) is 28.0 Å². The summed E-state index contributed by atoms with van der Waals surface area (Å²) in [5, 5.41) is 13.2. The number of carboxylic acids is 1. The lowest BCUT2D eigenvalue weighted by molar-refractivity contribution is -0.139. The molecular formula is C19H15ClN2O3. The van der Waals surface area contributed by atoms with E-state index < -0.39 is 17.9 Å². The van der Waals surface area contributed by atoms with Crippen molar-refractivity contribution in [1.82, 2.24) is 10.3 Å². The molecule has 0 spiro atoms. The van der Waals surface area contributed by atoms with Crippen LogP contribution in [0, 0.1) is 0 Å². The quantitative estimate of drug-likeness (QED) is 0.736. The van der Waals surface area contributed by atoms with E-state index in [4.69, 9.17) is 11.6 Å². The second-order valence-corrected chi connectivity index (χ2v) is 5.98. The van der Waals surface area contributed by atoms with Crippen molar-refractivity contribution in [2.24, 2.45) is 0 Å². The van der Waals surface area contributed by atoms with Gasteiger partial charge in [-0.1, -0.05) is 48.0 Å². The van der Waals surface area contributed by atoms with Crippen molar-refractivity contribution in [2.75, 3.05) is 0 Å². The summed E-state index contributed by atoms with van der Waals surface area (Å²) in [6.07, 6.45) is 1.54. The van der Waals surface area contributed by atoms with Crippen LogP contribution in [0.15, 0.2) is 60.8 Å². The average molecular weight is 355 g/mol. The number of nitrogens with zero attached hydrogens (tertiary/aromatic N) is 1. The number of aliphatic carboxylic acids is 1. The molecule has 0 radical (unpaired) electrons. The maximum absolute atomic E-state index is 12.4. The minimum absolute atomic E-state index is 0.0990. The van der Waals surface area contributed by atoms with E-state index in [9.17, 15) is 14.7 Å². The molecule has 2 aromatic carbocycles. The number of halogens is 1. The number of nitrogens with one attached hydrogen (secondary N) is 1. The van der Waals surface area contributed by atoms with Crippen molar-refractivity contribution >= 4 is 34.4 Å². The third-order valence-corrected chi connectivity index (χ3v) is 4.21. The third-order valence-electron chi connectivity index (χ3n) is 3.84. The number of fused-ring (bicyclic) bond motifs is 1. The van der Waals surface area contributed by atoms with Gasteiger partial charge < -0.3 is 10.4 Å². The summed E-state index contributed by atoms with van der Waals surface area (Å²) in [5.74, 6) is -1.61. The Kier molecular flexibility index (Phi) is 4.95. The van der Waals surface area contributed by atoms with E-state index in [1.54, 1.807) is 30.3 Å². The zero-order valence-corrected chi connectivity index (χ0v) is 13.9. The molecule has 0 aliphatic heterocycles. The summed E-state index contributed by atoms with van der Waals surface area (Å²) in [6, 6.07) is 15.0. The summed E-state index contributed by atoms with van der Waals surface area (Å²) < 4.78 is 0. The van der Waals surface area contributed by atoms with Crippen LogP contribution in [0.2, 0.25) is 5.02 Å². The van der Waals surface area contributed by atoms with Gasteiger partial charge in [-0.25, -0.2) is 4.79 Å². The molecule has 1 heterocycles. The first-order valence-corrected chi connectivity index (χ1v) is 8.04. The lowest BCUT2D eigenvalue weighted by Gasteiger charge is -2.15. The van der Waals surface area contributed by atoms with Crippen molar-refractivity contribution in [3.05, 3.63) is 76.9 Å². The van der Waals surface area contributed by atoms with Gasteiger partial charge in [0.2, 0.25) is 0 Å². The van der Waals surface area contributed by atoms with Crippen molar-refractivity contribution in [3.8, 4) is 0 Å². The van der Waals surface area contributed by atoms with Gasteiger partial charge in [0.1, 0.15) is 6.04 Å². The predicted molar refractivity (Wildman–Crippen MR) is 95.8 cm³/mol. The number of hydrogen-bond donors (Lipinski definition) is 2. The topological polar surface area (TPSA) is 79.3 Å². The number of aromatic nitrogens is 1. The first-order chi connectivity index (χ1) is 12.0. The van der Waals surface area contributed by atoms with Crippen LogP contribution in [0.1, 0.15) is 15.9 Å². The monoisotopic (exact) mass is 354 g/mol. The SMILES string of the molecule is O=C(N[C@H](Cc1ccccc1Cl)C(=O)O)c1cnc2ccccc2c1. The van der Waals surface area contributed by atoms with E-state index >= 15 is 0 Å². The van der Waals surface area contributed by atoms with E-state index in [2.05, 4.69) is 10.3 Å². The molecule has 1 amide bonds. The van der Waals surface area contributed by atoms with Crippen molar-refractivity contribution < 1.29 is 14.7 Å². The van der Waals surface area contributed by atoms with Crippen LogP contribution >= 0.6 is 11.6 Å². The molecule has 0 bridgehead atoms. The molecule has 0 saturated heterocycles. The molecule has 0 unspecified atom stereocenters. The molecule has 25 heavy (non-hydrogen) atoms. The molecule has 1 atom stereocenters. The number of pyridine rings is 1. The molecule has 6 heteroatoms. The number of carbonyl (C=O) groups excluding carboxylic acids is 1. The Morgan fingerprint density at radius 1 is 1.12 bits per heavy atom. The summed E-state index contributed by atoms with van der Waals surface area (Å²) >= 11 is 6.08. The molecule has 0 aliphatic rings. The van der Waals surface area contributed by atoms with E-state index in [0.29, 0.717) is 16.1 Å². The number of hydrogen-bond acceptors (Lipinski definition) is 3. The van der Waals surface area contributed by atoms with Crippen molar-refractivity contribution in [3.63, 3.8) is 0 Å². The second kappa shape index (κ2) is 7.32. The zero-order chi connectivity index (χ0) is 17.8. The fourth-order valence-corrected chi connectivity index (χ4v) is 2.73. The van der Waals surface area contributed by atoms with Gasteiger partial charge in [-0.15, -0.1) is 0 Å². The Morgan fingerprint density at radius 2 is 1.84 bits per heavy atom. The van der Waals surface area contributed by atoms with Gasteiger partial charge in [-0.05, 0) is 23.8 Å². The average Bonchev–Trinajstić information content (AvgIpc) is 2.62. The second-order valence-electron chi connectivity index (χ2n) is 5.58. The highest BCUT2D eigenvalue weighted by Gasteiger charge is 2.22. The lowest BCUT2D eigenvalue weighted by Crippen LogP contribution is -2.42. The maximum Gasteiger partial charge on any atom is 0.326 e.